The van der Waals surface area contributed by atoms with E-state index in [4.69, 9.17) is 17.2 Å². The van der Waals surface area contributed by atoms with Crippen LogP contribution in [-0.2, 0) is 6.42 Å². The molecule has 0 spiro atoms. The number of fused-ring (bicyclic) bond motifs is 1. The molecule has 0 radical (unpaired) electrons. The highest BCUT2D eigenvalue weighted by molar-refractivity contribution is 5.99. The fraction of sp³-hybridized carbons (Fsp3) is 0.182. The van der Waals surface area contributed by atoms with Gasteiger partial charge < -0.3 is 22.5 Å². The third-order valence-electron chi connectivity index (χ3n) is 2.54. The van der Waals surface area contributed by atoms with Gasteiger partial charge in [-0.3, -0.25) is 4.79 Å². The lowest BCUT2D eigenvalue weighted by Crippen LogP contribution is -2.31. The number of hydrogen-bond acceptors (Lipinski definition) is 2. The van der Waals surface area contributed by atoms with Gasteiger partial charge in [0.2, 0.25) is 5.96 Å². The summed E-state index contributed by atoms with van der Waals surface area (Å²) in [7, 11) is 0. The maximum Gasteiger partial charge on any atom is 0.251 e. The van der Waals surface area contributed by atoms with Crippen LogP contribution in [0, 0.1) is 0 Å². The Hall–Kier alpha value is -2.57. The number of guanidine groups is 2. The lowest BCUT2D eigenvalue weighted by Gasteiger charge is -2.17. The van der Waals surface area contributed by atoms with E-state index in [0.29, 0.717) is 24.2 Å². The molecule has 0 atom stereocenters. The van der Waals surface area contributed by atoms with E-state index in [9.17, 15) is 4.79 Å². The summed E-state index contributed by atoms with van der Waals surface area (Å²) < 4.78 is 0. The second kappa shape index (κ2) is 4.74. The third-order valence-corrected chi connectivity index (χ3v) is 2.54. The molecule has 94 valence electrons. The normalized spacial score (nSPS) is 14.7. The van der Waals surface area contributed by atoms with Crippen LogP contribution in [0.5, 0.6) is 0 Å². The molecule has 7 nitrogen and oxygen atoms in total. The smallest absolute Gasteiger partial charge is 0.251 e. The molecule has 0 bridgehead atoms. The molecule has 7 N–H and O–H groups in total. The van der Waals surface area contributed by atoms with Gasteiger partial charge in [0.15, 0.2) is 5.96 Å². The second-order valence-electron chi connectivity index (χ2n) is 3.82. The van der Waals surface area contributed by atoms with Crippen molar-refractivity contribution in [2.75, 3.05) is 6.54 Å². The van der Waals surface area contributed by atoms with Gasteiger partial charge in [0.05, 0.1) is 5.69 Å². The maximum atomic E-state index is 11.6. The first-order chi connectivity index (χ1) is 8.58. The fourth-order valence-electron chi connectivity index (χ4n) is 1.83. The quantitative estimate of drug-likeness (QED) is 0.381. The van der Waals surface area contributed by atoms with Crippen molar-refractivity contribution in [3.8, 4) is 0 Å². The molecule has 1 aromatic carbocycles. The molecule has 0 unspecified atom stereocenters. The molecule has 18 heavy (non-hydrogen) atoms. The Morgan fingerprint density at radius 3 is 2.78 bits per heavy atom. The molecule has 0 fully saturated rings. The molecular formula is C11H14N6O. The van der Waals surface area contributed by atoms with E-state index in [-0.39, 0.29) is 17.8 Å². The van der Waals surface area contributed by atoms with Gasteiger partial charge in [-0.2, -0.15) is 4.99 Å². The summed E-state index contributed by atoms with van der Waals surface area (Å²) in [4.78, 5) is 19.4. The minimum absolute atomic E-state index is 0.0330. The number of hydrogen-bond donors (Lipinski definition) is 4. The average Bonchev–Trinajstić information content (AvgIpc) is 2.29. The van der Waals surface area contributed by atoms with Crippen LogP contribution in [0.2, 0.25) is 0 Å². The van der Waals surface area contributed by atoms with Crippen LogP contribution in [0.25, 0.3) is 0 Å². The number of rotatable bonds is 1. The largest absolute Gasteiger partial charge is 0.370 e. The van der Waals surface area contributed by atoms with Crippen molar-refractivity contribution in [1.29, 1.82) is 0 Å². The third kappa shape index (κ3) is 2.40. The standard InChI is InChI=1S/C11H14N6O/c12-10(13)17-11(14)16-8-3-1-2-7-6(8)4-5-15-9(7)18/h1-3H,4-5H2,(H,15,18)(H6,12,13,14,16,17). The predicted molar refractivity (Wildman–Crippen MR) is 69.6 cm³/mol. The summed E-state index contributed by atoms with van der Waals surface area (Å²) in [5.74, 6) is -0.290. The minimum atomic E-state index is -0.154. The van der Waals surface area contributed by atoms with Crippen LogP contribution in [0.15, 0.2) is 28.2 Å². The van der Waals surface area contributed by atoms with E-state index >= 15 is 0 Å². The molecule has 1 heterocycles. The van der Waals surface area contributed by atoms with Gasteiger partial charge in [0.25, 0.3) is 5.91 Å². The zero-order chi connectivity index (χ0) is 13.1. The Bertz CT molecular complexity index is 544. The monoisotopic (exact) mass is 246 g/mol. The highest BCUT2D eigenvalue weighted by atomic mass is 16.1. The van der Waals surface area contributed by atoms with E-state index in [1.54, 1.807) is 18.2 Å². The predicted octanol–water partition coefficient (Wildman–Crippen LogP) is -0.808. The molecule has 1 aliphatic heterocycles. The summed E-state index contributed by atoms with van der Waals surface area (Å²) in [6, 6.07) is 5.26. The molecular weight excluding hydrogens is 232 g/mol. The number of amides is 1. The lowest BCUT2D eigenvalue weighted by atomic mass is 9.99. The fourth-order valence-corrected chi connectivity index (χ4v) is 1.83. The summed E-state index contributed by atoms with van der Waals surface area (Å²) in [6.45, 7) is 0.584. The Labute approximate surface area is 104 Å². The van der Waals surface area contributed by atoms with Crippen molar-refractivity contribution in [2.24, 2.45) is 27.2 Å². The van der Waals surface area contributed by atoms with Gasteiger partial charge >= 0.3 is 0 Å². The van der Waals surface area contributed by atoms with E-state index < -0.39 is 0 Å². The Balaban J connectivity index is 2.44. The Morgan fingerprint density at radius 1 is 1.28 bits per heavy atom. The van der Waals surface area contributed by atoms with Crippen LogP contribution in [0.3, 0.4) is 0 Å². The van der Waals surface area contributed by atoms with Gasteiger partial charge in [0.1, 0.15) is 0 Å². The van der Waals surface area contributed by atoms with E-state index in [1.165, 1.54) is 0 Å². The van der Waals surface area contributed by atoms with Gasteiger partial charge in [-0.25, -0.2) is 4.99 Å². The molecule has 1 aliphatic rings. The summed E-state index contributed by atoms with van der Waals surface area (Å²) in [5.41, 5.74) is 18.1. The Morgan fingerprint density at radius 2 is 2.06 bits per heavy atom. The molecule has 1 amide bonds. The number of nitrogens with one attached hydrogen (secondary N) is 1. The zero-order valence-corrected chi connectivity index (χ0v) is 9.68. The van der Waals surface area contributed by atoms with Crippen molar-refractivity contribution in [3.63, 3.8) is 0 Å². The highest BCUT2D eigenvalue weighted by Crippen LogP contribution is 2.25. The maximum absolute atomic E-state index is 11.6. The van der Waals surface area contributed by atoms with Crippen LogP contribution in [0.4, 0.5) is 5.69 Å². The zero-order valence-electron chi connectivity index (χ0n) is 9.68. The molecule has 2 rings (SSSR count). The molecule has 0 saturated carbocycles. The minimum Gasteiger partial charge on any atom is -0.370 e. The molecule has 0 aliphatic carbocycles. The van der Waals surface area contributed by atoms with Crippen molar-refractivity contribution >= 4 is 23.5 Å². The van der Waals surface area contributed by atoms with E-state index in [2.05, 4.69) is 15.3 Å². The number of nitrogens with zero attached hydrogens (tertiary/aromatic N) is 2. The lowest BCUT2D eigenvalue weighted by molar-refractivity contribution is 0.0946. The van der Waals surface area contributed by atoms with Gasteiger partial charge in [-0.15, -0.1) is 0 Å². The van der Waals surface area contributed by atoms with E-state index in [0.717, 1.165) is 5.56 Å². The average molecular weight is 246 g/mol. The number of carbonyl (C=O) groups excluding carboxylic acids is 1. The summed E-state index contributed by atoms with van der Waals surface area (Å²) >= 11 is 0. The van der Waals surface area contributed by atoms with Gasteiger partial charge in [-0.1, -0.05) is 6.07 Å². The SMILES string of the molecule is NC(N)=NC(N)=Nc1cccc2c1CCNC2=O. The molecule has 7 heteroatoms. The molecule has 0 aromatic heterocycles. The first-order valence-corrected chi connectivity index (χ1v) is 5.42. The number of carbonyl (C=O) groups is 1. The van der Waals surface area contributed by atoms with Crippen molar-refractivity contribution in [1.82, 2.24) is 5.32 Å². The highest BCUT2D eigenvalue weighted by Gasteiger charge is 2.18. The second-order valence-corrected chi connectivity index (χ2v) is 3.82. The van der Waals surface area contributed by atoms with Crippen LogP contribution < -0.4 is 22.5 Å². The van der Waals surface area contributed by atoms with Gasteiger partial charge in [-0.05, 0) is 24.1 Å². The summed E-state index contributed by atoms with van der Waals surface area (Å²) in [6.07, 6.45) is 0.704. The van der Waals surface area contributed by atoms with Crippen molar-refractivity contribution in [3.05, 3.63) is 29.3 Å². The first kappa shape index (κ1) is 11.9. The van der Waals surface area contributed by atoms with Crippen molar-refractivity contribution in [2.45, 2.75) is 6.42 Å². The van der Waals surface area contributed by atoms with Crippen LogP contribution in [0.1, 0.15) is 15.9 Å². The van der Waals surface area contributed by atoms with Crippen molar-refractivity contribution < 1.29 is 4.79 Å². The summed E-state index contributed by atoms with van der Waals surface area (Å²) in [5, 5.41) is 2.76. The van der Waals surface area contributed by atoms with Crippen LogP contribution >= 0.6 is 0 Å². The Kier molecular flexibility index (Phi) is 3.13. The van der Waals surface area contributed by atoms with E-state index in [1.807, 2.05) is 0 Å². The van der Waals surface area contributed by atoms with Crippen LogP contribution in [-0.4, -0.2) is 24.4 Å². The topological polar surface area (TPSA) is 132 Å². The number of aliphatic imine (C=N–C) groups is 2. The van der Waals surface area contributed by atoms with Gasteiger partial charge in [0, 0.05) is 12.1 Å². The number of benzene rings is 1. The number of nitrogens with two attached hydrogens (primary N) is 3. The molecule has 1 aromatic rings. The first-order valence-electron chi connectivity index (χ1n) is 5.42. The molecule has 0 saturated heterocycles.